The number of hydrogen-bond acceptors (Lipinski definition) is 5. The summed E-state index contributed by atoms with van der Waals surface area (Å²) in [7, 11) is -0.455. The van der Waals surface area contributed by atoms with Gasteiger partial charge in [0, 0.05) is 55.8 Å². The molecule has 0 fully saturated rings. The number of aromatic amines is 1. The van der Waals surface area contributed by atoms with E-state index in [-0.39, 0.29) is 10.8 Å². The van der Waals surface area contributed by atoms with Crippen molar-refractivity contribution in [1.29, 1.82) is 0 Å². The van der Waals surface area contributed by atoms with Crippen molar-refractivity contribution in [2.75, 3.05) is 20.6 Å². The Morgan fingerprint density at radius 2 is 1.71 bits per heavy atom. The van der Waals surface area contributed by atoms with Gasteiger partial charge in [-0.25, -0.2) is 17.5 Å². The van der Waals surface area contributed by atoms with Crippen LogP contribution >= 0.6 is 0 Å². The molecule has 3 aromatic rings. The molecule has 0 aliphatic carbocycles. The van der Waals surface area contributed by atoms with E-state index in [0.717, 1.165) is 34.6 Å². The van der Waals surface area contributed by atoms with Gasteiger partial charge in [-0.15, -0.1) is 0 Å². The third kappa shape index (κ3) is 5.87. The highest BCUT2D eigenvalue weighted by Gasteiger charge is 2.38. The number of hydrogen-bond donors (Lipinski definition) is 3. The molecule has 0 radical (unpaired) electrons. The van der Waals surface area contributed by atoms with Gasteiger partial charge in [0.05, 0.1) is 16.2 Å². The number of carboxylic acids is 1. The summed E-state index contributed by atoms with van der Waals surface area (Å²) in [5.74, 6) is -2.82. The number of rotatable bonds is 4. The molecule has 1 aliphatic rings. The van der Waals surface area contributed by atoms with E-state index in [1.807, 2.05) is 18.2 Å². The van der Waals surface area contributed by atoms with Crippen LogP contribution in [0.3, 0.4) is 0 Å². The predicted octanol–water partition coefficient (Wildman–Crippen LogP) is 2.91. The van der Waals surface area contributed by atoms with E-state index < -0.39 is 22.2 Å². The smallest absolute Gasteiger partial charge is 0.475 e. The zero-order chi connectivity index (χ0) is 26.0. The number of amides is 1. The van der Waals surface area contributed by atoms with Gasteiger partial charge in [0.25, 0.3) is 5.91 Å². The van der Waals surface area contributed by atoms with Crippen molar-refractivity contribution in [2.24, 2.45) is 0 Å². The number of halogens is 3. The number of aromatic nitrogens is 2. The lowest BCUT2D eigenvalue weighted by Gasteiger charge is -2.11. The minimum absolute atomic E-state index is 0.0595. The SMILES string of the molecule is CN(C)S(=O)(=O)c1ccc(-c2cc(-c3cc4c([nH]3)CCNC4=O)ccn2)cc1.O=C(O)C(F)(F)F. The molecule has 4 rings (SSSR count). The Morgan fingerprint density at radius 1 is 1.09 bits per heavy atom. The van der Waals surface area contributed by atoms with E-state index in [9.17, 15) is 26.4 Å². The lowest BCUT2D eigenvalue weighted by atomic mass is 10.1. The monoisotopic (exact) mass is 510 g/mol. The number of H-pyrrole nitrogens is 1. The van der Waals surface area contributed by atoms with E-state index in [2.05, 4.69) is 15.3 Å². The van der Waals surface area contributed by atoms with E-state index in [1.54, 1.807) is 30.5 Å². The van der Waals surface area contributed by atoms with Crippen LogP contribution in [0.25, 0.3) is 22.5 Å². The molecule has 35 heavy (non-hydrogen) atoms. The molecule has 0 atom stereocenters. The Hall–Kier alpha value is -3.71. The highest BCUT2D eigenvalue weighted by atomic mass is 32.2. The van der Waals surface area contributed by atoms with Gasteiger partial charge in [0.2, 0.25) is 10.0 Å². The van der Waals surface area contributed by atoms with Crippen molar-refractivity contribution < 1.29 is 36.3 Å². The molecule has 0 saturated heterocycles. The van der Waals surface area contributed by atoms with Crippen LogP contribution in [0.5, 0.6) is 0 Å². The summed E-state index contributed by atoms with van der Waals surface area (Å²) in [5, 5.41) is 9.97. The number of alkyl halides is 3. The Labute approximate surface area is 198 Å². The molecule has 186 valence electrons. The first kappa shape index (κ1) is 25.9. The van der Waals surface area contributed by atoms with E-state index in [4.69, 9.17) is 9.90 Å². The maximum absolute atomic E-state index is 12.2. The molecule has 1 aromatic carbocycles. The van der Waals surface area contributed by atoms with Crippen LogP contribution in [0.4, 0.5) is 13.2 Å². The zero-order valence-corrected chi connectivity index (χ0v) is 19.4. The number of carboxylic acid groups (broad SMARTS) is 1. The van der Waals surface area contributed by atoms with Crippen molar-refractivity contribution in [3.63, 3.8) is 0 Å². The normalized spacial score (nSPS) is 13.5. The summed E-state index contributed by atoms with van der Waals surface area (Å²) >= 11 is 0. The summed E-state index contributed by atoms with van der Waals surface area (Å²) in [6.45, 7) is 0.635. The lowest BCUT2D eigenvalue weighted by molar-refractivity contribution is -0.192. The summed E-state index contributed by atoms with van der Waals surface area (Å²) in [4.78, 5) is 28.8. The van der Waals surface area contributed by atoms with Gasteiger partial charge in [-0.05, 0) is 30.3 Å². The molecule has 2 aromatic heterocycles. The Kier molecular flexibility index (Phi) is 7.31. The van der Waals surface area contributed by atoms with Crippen LogP contribution in [0.1, 0.15) is 16.1 Å². The van der Waals surface area contributed by atoms with Crippen molar-refractivity contribution in [3.8, 4) is 22.5 Å². The molecule has 9 nitrogen and oxygen atoms in total. The first-order valence-electron chi connectivity index (χ1n) is 10.1. The van der Waals surface area contributed by atoms with Crippen molar-refractivity contribution in [3.05, 3.63) is 59.9 Å². The highest BCUT2D eigenvalue weighted by Crippen LogP contribution is 2.28. The van der Waals surface area contributed by atoms with Crippen LogP contribution in [0, 0.1) is 0 Å². The molecular weight excluding hydrogens is 489 g/mol. The number of nitrogens with one attached hydrogen (secondary N) is 2. The molecule has 3 N–H and O–H groups in total. The molecule has 0 bridgehead atoms. The third-order valence-electron chi connectivity index (χ3n) is 5.05. The van der Waals surface area contributed by atoms with Gasteiger partial charge < -0.3 is 15.4 Å². The minimum Gasteiger partial charge on any atom is -0.475 e. The molecule has 1 aliphatic heterocycles. The van der Waals surface area contributed by atoms with Crippen molar-refractivity contribution in [2.45, 2.75) is 17.5 Å². The van der Waals surface area contributed by atoms with Gasteiger partial charge in [0.15, 0.2) is 0 Å². The van der Waals surface area contributed by atoms with Crippen LogP contribution < -0.4 is 5.32 Å². The molecule has 3 heterocycles. The van der Waals surface area contributed by atoms with E-state index in [1.165, 1.54) is 18.4 Å². The van der Waals surface area contributed by atoms with Gasteiger partial charge in [-0.2, -0.15) is 13.2 Å². The third-order valence-corrected chi connectivity index (χ3v) is 6.88. The lowest BCUT2D eigenvalue weighted by Crippen LogP contribution is -2.31. The van der Waals surface area contributed by atoms with E-state index >= 15 is 0 Å². The Morgan fingerprint density at radius 3 is 2.26 bits per heavy atom. The van der Waals surface area contributed by atoms with Crippen LogP contribution in [-0.2, 0) is 21.2 Å². The molecular formula is C22H21F3N4O5S. The highest BCUT2D eigenvalue weighted by molar-refractivity contribution is 7.89. The van der Waals surface area contributed by atoms with Gasteiger partial charge in [-0.1, -0.05) is 12.1 Å². The first-order chi connectivity index (χ1) is 16.3. The summed E-state index contributed by atoms with van der Waals surface area (Å²) in [6, 6.07) is 12.3. The first-order valence-corrected chi connectivity index (χ1v) is 11.5. The average Bonchev–Trinajstić information content (AvgIpc) is 3.25. The summed E-state index contributed by atoms with van der Waals surface area (Å²) in [6.07, 6.45) is -2.60. The minimum atomic E-state index is -5.08. The van der Waals surface area contributed by atoms with Crippen molar-refractivity contribution >= 4 is 21.9 Å². The Bertz CT molecular complexity index is 1350. The number of carbonyl (C=O) groups is 2. The molecule has 13 heteroatoms. The topological polar surface area (TPSA) is 132 Å². The van der Waals surface area contributed by atoms with E-state index in [0.29, 0.717) is 12.1 Å². The number of aliphatic carboxylic acids is 1. The number of carbonyl (C=O) groups excluding carboxylic acids is 1. The van der Waals surface area contributed by atoms with Gasteiger partial charge >= 0.3 is 12.1 Å². The average molecular weight is 510 g/mol. The van der Waals surface area contributed by atoms with Crippen LogP contribution in [0.2, 0.25) is 0 Å². The zero-order valence-electron chi connectivity index (χ0n) is 18.5. The van der Waals surface area contributed by atoms with Crippen LogP contribution in [-0.4, -0.2) is 66.5 Å². The molecule has 0 saturated carbocycles. The van der Waals surface area contributed by atoms with Gasteiger partial charge in [0.1, 0.15) is 0 Å². The molecule has 1 amide bonds. The predicted molar refractivity (Wildman–Crippen MR) is 120 cm³/mol. The van der Waals surface area contributed by atoms with Crippen LogP contribution in [0.15, 0.2) is 53.6 Å². The standard InChI is InChI=1S/C20H20N4O3S.C2HF3O2/c1-24(2)28(26,27)15-5-3-13(4-6-15)18-11-14(7-9-21-18)19-12-16-17(23-19)8-10-22-20(16)25;3-2(4,5)1(6)7/h3-7,9,11-12,23H,8,10H2,1-2H3,(H,22,25);(H,6,7). The fraction of sp³-hybridized carbons (Fsp3) is 0.227. The molecule has 0 unspecified atom stereocenters. The second-order valence-electron chi connectivity index (χ2n) is 7.63. The summed E-state index contributed by atoms with van der Waals surface area (Å²) in [5.41, 5.74) is 4.93. The second-order valence-corrected chi connectivity index (χ2v) is 9.78. The quantitative estimate of drug-likeness (QED) is 0.495. The number of sulfonamides is 1. The fourth-order valence-corrected chi connectivity index (χ4v) is 4.12. The number of nitrogens with zero attached hydrogens (tertiary/aromatic N) is 2. The summed E-state index contributed by atoms with van der Waals surface area (Å²) < 4.78 is 57.4. The number of fused-ring (bicyclic) bond motifs is 1. The Balaban J connectivity index is 0.000000429. The number of benzene rings is 1. The maximum atomic E-state index is 12.2. The fourth-order valence-electron chi connectivity index (χ4n) is 3.21. The molecule has 0 spiro atoms. The largest absolute Gasteiger partial charge is 0.490 e. The second kappa shape index (κ2) is 9.88. The number of pyridine rings is 1. The van der Waals surface area contributed by atoms with Gasteiger partial charge in [-0.3, -0.25) is 9.78 Å². The van der Waals surface area contributed by atoms with Crippen molar-refractivity contribution in [1.82, 2.24) is 19.6 Å². The maximum Gasteiger partial charge on any atom is 0.490 e.